The number of Topliss-reactive ketones (excluding diaryl/α,β-unsaturated/α-hetero) is 2. The van der Waals surface area contributed by atoms with Gasteiger partial charge in [0.2, 0.25) is 5.78 Å². The van der Waals surface area contributed by atoms with Crippen LogP contribution in [0.4, 0.5) is 0 Å². The third-order valence-electron chi connectivity index (χ3n) is 2.29. The van der Waals surface area contributed by atoms with Gasteiger partial charge < -0.3 is 4.57 Å². The van der Waals surface area contributed by atoms with Gasteiger partial charge in [0, 0.05) is 12.6 Å². The number of imidazole rings is 1. The third kappa shape index (κ3) is 1.77. The predicted molar refractivity (Wildman–Crippen MR) is 58.3 cm³/mol. The van der Waals surface area contributed by atoms with Gasteiger partial charge in [-0.05, 0) is 0 Å². The maximum absolute atomic E-state index is 11.8. The lowest BCUT2D eigenvalue weighted by atomic mass is 10.1. The van der Waals surface area contributed by atoms with Crippen LogP contribution in [0.3, 0.4) is 0 Å². The van der Waals surface area contributed by atoms with Crippen LogP contribution in [-0.4, -0.2) is 21.1 Å². The van der Waals surface area contributed by atoms with Gasteiger partial charge in [-0.1, -0.05) is 30.3 Å². The molecule has 4 heteroatoms. The van der Waals surface area contributed by atoms with E-state index in [0.29, 0.717) is 11.3 Å². The first-order chi connectivity index (χ1) is 7.70. The molecule has 0 bridgehead atoms. The van der Waals surface area contributed by atoms with Crippen molar-refractivity contribution in [1.82, 2.24) is 9.55 Å². The zero-order chi connectivity index (χ0) is 11.5. The highest BCUT2D eigenvalue weighted by Crippen LogP contribution is 2.06. The van der Waals surface area contributed by atoms with Gasteiger partial charge in [0.15, 0.2) is 0 Å². The van der Waals surface area contributed by atoms with Crippen LogP contribution in [-0.2, 0) is 7.05 Å². The molecule has 0 saturated carbocycles. The number of benzene rings is 1. The van der Waals surface area contributed by atoms with E-state index in [2.05, 4.69) is 4.98 Å². The summed E-state index contributed by atoms with van der Waals surface area (Å²) in [6.45, 7) is 0. The molecule has 0 saturated heterocycles. The molecule has 16 heavy (non-hydrogen) atoms. The molecule has 0 atom stereocenters. The van der Waals surface area contributed by atoms with Crippen LogP contribution < -0.4 is 0 Å². The van der Waals surface area contributed by atoms with Crippen LogP contribution in [0, 0.1) is 0 Å². The van der Waals surface area contributed by atoms with Crippen molar-refractivity contribution in [2.75, 3.05) is 0 Å². The minimum atomic E-state index is -0.536. The lowest BCUT2D eigenvalue weighted by Crippen LogP contribution is -2.17. The van der Waals surface area contributed by atoms with Gasteiger partial charge in [-0.2, -0.15) is 0 Å². The highest BCUT2D eigenvalue weighted by Gasteiger charge is 2.20. The first-order valence-electron chi connectivity index (χ1n) is 4.80. The van der Waals surface area contributed by atoms with E-state index >= 15 is 0 Å². The Labute approximate surface area is 92.5 Å². The molecule has 0 unspecified atom stereocenters. The second kappa shape index (κ2) is 4.10. The maximum Gasteiger partial charge on any atom is 0.251 e. The third-order valence-corrected chi connectivity index (χ3v) is 2.29. The number of aromatic nitrogens is 2. The fourth-order valence-electron chi connectivity index (χ4n) is 1.41. The van der Waals surface area contributed by atoms with Crippen LogP contribution in [0.2, 0.25) is 0 Å². The van der Waals surface area contributed by atoms with Gasteiger partial charge >= 0.3 is 0 Å². The summed E-state index contributed by atoms with van der Waals surface area (Å²) >= 11 is 0. The fourth-order valence-corrected chi connectivity index (χ4v) is 1.41. The van der Waals surface area contributed by atoms with Gasteiger partial charge in [0.1, 0.15) is 5.69 Å². The molecule has 0 aliphatic carbocycles. The van der Waals surface area contributed by atoms with E-state index < -0.39 is 11.6 Å². The van der Waals surface area contributed by atoms with Crippen molar-refractivity contribution in [2.45, 2.75) is 0 Å². The summed E-state index contributed by atoms with van der Waals surface area (Å²) in [6, 6.07) is 8.49. The van der Waals surface area contributed by atoms with Crippen LogP contribution in [0.1, 0.15) is 20.8 Å². The monoisotopic (exact) mass is 214 g/mol. The van der Waals surface area contributed by atoms with Crippen molar-refractivity contribution < 1.29 is 9.59 Å². The molecule has 1 aromatic heterocycles. The molecule has 0 amide bonds. The quantitative estimate of drug-likeness (QED) is 0.574. The molecule has 4 nitrogen and oxygen atoms in total. The predicted octanol–water partition coefficient (Wildman–Crippen LogP) is 1.49. The van der Waals surface area contributed by atoms with Crippen LogP contribution >= 0.6 is 0 Å². The second-order valence-electron chi connectivity index (χ2n) is 3.41. The van der Waals surface area contributed by atoms with Crippen molar-refractivity contribution in [3.8, 4) is 0 Å². The maximum atomic E-state index is 11.8. The van der Waals surface area contributed by atoms with Crippen molar-refractivity contribution >= 4 is 11.6 Å². The van der Waals surface area contributed by atoms with E-state index in [9.17, 15) is 9.59 Å². The summed E-state index contributed by atoms with van der Waals surface area (Å²) < 4.78 is 1.53. The average molecular weight is 214 g/mol. The Morgan fingerprint density at radius 3 is 2.38 bits per heavy atom. The summed E-state index contributed by atoms with van der Waals surface area (Å²) in [6.07, 6.45) is 2.88. The van der Waals surface area contributed by atoms with Crippen LogP contribution in [0.5, 0.6) is 0 Å². The molecule has 1 aromatic carbocycles. The molecule has 0 fully saturated rings. The Hall–Kier alpha value is -2.23. The highest BCUT2D eigenvalue weighted by molar-refractivity contribution is 6.48. The molecule has 2 aromatic rings. The van der Waals surface area contributed by atoms with Gasteiger partial charge in [0.25, 0.3) is 5.78 Å². The summed E-state index contributed by atoms with van der Waals surface area (Å²) in [5, 5.41) is 0. The number of aryl methyl sites for hydroxylation is 1. The molecule has 0 spiro atoms. The molecule has 1 heterocycles. The highest BCUT2D eigenvalue weighted by atomic mass is 16.2. The Balaban J connectivity index is 2.31. The first kappa shape index (κ1) is 10.3. The normalized spacial score (nSPS) is 10.1. The Morgan fingerprint density at radius 2 is 1.81 bits per heavy atom. The smallest absolute Gasteiger partial charge is 0.251 e. The van der Waals surface area contributed by atoms with Gasteiger partial charge in [-0.3, -0.25) is 9.59 Å². The number of rotatable bonds is 3. The van der Waals surface area contributed by atoms with E-state index in [4.69, 9.17) is 0 Å². The molecular formula is C12H10N2O2. The van der Waals surface area contributed by atoms with E-state index in [1.165, 1.54) is 17.1 Å². The molecule has 0 radical (unpaired) electrons. The zero-order valence-electron chi connectivity index (χ0n) is 8.75. The first-order valence-corrected chi connectivity index (χ1v) is 4.80. The lowest BCUT2D eigenvalue weighted by molar-refractivity contribution is 0.0812. The molecule has 2 rings (SSSR count). The fraction of sp³-hybridized carbons (Fsp3) is 0.0833. The van der Waals surface area contributed by atoms with Crippen molar-refractivity contribution in [1.29, 1.82) is 0 Å². The molecular weight excluding hydrogens is 204 g/mol. The standard InChI is InChI=1S/C12H10N2O2/c1-14-8-13-7-10(14)12(16)11(15)9-5-3-2-4-6-9/h2-8H,1H3. The Bertz CT molecular complexity index is 529. The van der Waals surface area contributed by atoms with Crippen molar-refractivity contribution in [3.63, 3.8) is 0 Å². The number of nitrogens with zero attached hydrogens (tertiary/aromatic N) is 2. The second-order valence-corrected chi connectivity index (χ2v) is 3.41. The van der Waals surface area contributed by atoms with Crippen molar-refractivity contribution in [3.05, 3.63) is 54.1 Å². The summed E-state index contributed by atoms with van der Waals surface area (Å²) in [5.41, 5.74) is 0.697. The molecule has 0 N–H and O–H groups in total. The van der Waals surface area contributed by atoms with E-state index in [1.807, 2.05) is 0 Å². The molecule has 0 aliphatic rings. The minimum absolute atomic E-state index is 0.300. The molecule has 0 aliphatic heterocycles. The number of hydrogen-bond donors (Lipinski definition) is 0. The van der Waals surface area contributed by atoms with E-state index in [0.717, 1.165) is 0 Å². The van der Waals surface area contributed by atoms with E-state index in [1.54, 1.807) is 37.4 Å². The van der Waals surface area contributed by atoms with Crippen LogP contribution in [0.25, 0.3) is 0 Å². The van der Waals surface area contributed by atoms with E-state index in [-0.39, 0.29) is 0 Å². The van der Waals surface area contributed by atoms with Gasteiger partial charge in [0.05, 0.1) is 12.5 Å². The Kier molecular flexibility index (Phi) is 2.64. The SMILES string of the molecule is Cn1cncc1C(=O)C(=O)c1ccccc1. The number of carbonyl (C=O) groups excluding carboxylic acids is 2. The summed E-state index contributed by atoms with van der Waals surface area (Å²) in [5.74, 6) is -1.05. The van der Waals surface area contributed by atoms with Gasteiger partial charge in [-0.25, -0.2) is 4.98 Å². The number of hydrogen-bond acceptors (Lipinski definition) is 3. The largest absolute Gasteiger partial charge is 0.331 e. The van der Waals surface area contributed by atoms with Crippen LogP contribution in [0.15, 0.2) is 42.9 Å². The Morgan fingerprint density at radius 1 is 1.12 bits per heavy atom. The topological polar surface area (TPSA) is 52.0 Å². The lowest BCUT2D eigenvalue weighted by Gasteiger charge is -2.00. The number of carbonyl (C=O) groups is 2. The summed E-state index contributed by atoms with van der Waals surface area (Å²) in [7, 11) is 1.68. The summed E-state index contributed by atoms with van der Waals surface area (Å²) in [4.78, 5) is 27.4. The number of ketones is 2. The molecule has 80 valence electrons. The average Bonchev–Trinajstić information content (AvgIpc) is 2.75. The zero-order valence-corrected chi connectivity index (χ0v) is 8.75. The minimum Gasteiger partial charge on any atom is -0.331 e. The van der Waals surface area contributed by atoms with Gasteiger partial charge in [-0.15, -0.1) is 0 Å². The van der Waals surface area contributed by atoms with Crippen molar-refractivity contribution in [2.24, 2.45) is 7.05 Å².